The highest BCUT2D eigenvalue weighted by Crippen LogP contribution is 2.34. The van der Waals surface area contributed by atoms with Gasteiger partial charge in [0.05, 0.1) is 6.04 Å². The summed E-state index contributed by atoms with van der Waals surface area (Å²) in [5.74, 6) is 0.493. The molecule has 1 atom stereocenters. The number of amides is 1. The van der Waals surface area contributed by atoms with Gasteiger partial charge in [-0.1, -0.05) is 6.07 Å². The summed E-state index contributed by atoms with van der Waals surface area (Å²) in [6, 6.07) is 12.6. The molecule has 0 radical (unpaired) electrons. The molecule has 1 aromatic carbocycles. The van der Waals surface area contributed by atoms with Crippen molar-refractivity contribution in [3.8, 4) is 5.75 Å². The molecule has 0 saturated carbocycles. The number of nitrogens with zero attached hydrogens (tertiary/aromatic N) is 1. The van der Waals surface area contributed by atoms with Crippen LogP contribution >= 0.6 is 11.3 Å². The van der Waals surface area contributed by atoms with Crippen molar-refractivity contribution < 1.29 is 13.9 Å². The fourth-order valence-corrected chi connectivity index (χ4v) is 4.07. The fraction of sp³-hybridized carbons (Fsp3) is 0.263. The van der Waals surface area contributed by atoms with Gasteiger partial charge in [-0.25, -0.2) is 4.79 Å². The zero-order valence-electron chi connectivity index (χ0n) is 13.5. The molecule has 0 N–H and O–H groups in total. The molecule has 2 aromatic heterocycles. The van der Waals surface area contributed by atoms with Gasteiger partial charge in [-0.05, 0) is 42.5 Å². The summed E-state index contributed by atoms with van der Waals surface area (Å²) in [6.07, 6.45) is 2.00. The predicted molar refractivity (Wildman–Crippen MR) is 96.0 cm³/mol. The molecule has 1 aliphatic heterocycles. The van der Waals surface area contributed by atoms with Crippen molar-refractivity contribution in [2.75, 3.05) is 13.2 Å². The van der Waals surface area contributed by atoms with E-state index in [1.165, 1.54) is 10.9 Å². The largest absolute Gasteiger partial charge is 0.484 e. The highest BCUT2D eigenvalue weighted by atomic mass is 32.1. The van der Waals surface area contributed by atoms with Gasteiger partial charge in [0.2, 0.25) is 0 Å². The minimum atomic E-state index is -0.406. The van der Waals surface area contributed by atoms with Crippen LogP contribution in [0.15, 0.2) is 57.1 Å². The first kappa shape index (κ1) is 15.9. The molecule has 0 spiro atoms. The van der Waals surface area contributed by atoms with Gasteiger partial charge in [0.25, 0.3) is 5.91 Å². The van der Waals surface area contributed by atoms with E-state index < -0.39 is 5.63 Å². The Morgan fingerprint density at radius 1 is 1.28 bits per heavy atom. The van der Waals surface area contributed by atoms with Crippen LogP contribution in [0.25, 0.3) is 11.0 Å². The van der Waals surface area contributed by atoms with E-state index in [0.717, 1.165) is 24.8 Å². The average Bonchev–Trinajstić information content (AvgIpc) is 3.30. The van der Waals surface area contributed by atoms with E-state index in [1.807, 2.05) is 22.4 Å². The van der Waals surface area contributed by atoms with Crippen LogP contribution in [-0.2, 0) is 4.79 Å². The highest BCUT2D eigenvalue weighted by Gasteiger charge is 2.30. The van der Waals surface area contributed by atoms with Gasteiger partial charge >= 0.3 is 5.63 Å². The van der Waals surface area contributed by atoms with Crippen molar-refractivity contribution >= 4 is 28.2 Å². The third kappa shape index (κ3) is 3.30. The van der Waals surface area contributed by atoms with Gasteiger partial charge < -0.3 is 14.1 Å². The molecular weight excluding hydrogens is 338 g/mol. The first-order chi connectivity index (χ1) is 12.2. The van der Waals surface area contributed by atoms with Crippen LogP contribution in [-0.4, -0.2) is 24.0 Å². The van der Waals surface area contributed by atoms with Crippen LogP contribution < -0.4 is 10.4 Å². The van der Waals surface area contributed by atoms with Gasteiger partial charge in [0, 0.05) is 28.9 Å². The van der Waals surface area contributed by atoms with Crippen LogP contribution in [0.3, 0.4) is 0 Å². The monoisotopic (exact) mass is 355 g/mol. The first-order valence-electron chi connectivity index (χ1n) is 8.20. The topological polar surface area (TPSA) is 59.8 Å². The van der Waals surface area contributed by atoms with Crippen LogP contribution in [0, 0.1) is 0 Å². The van der Waals surface area contributed by atoms with Crippen molar-refractivity contribution in [1.82, 2.24) is 4.90 Å². The summed E-state index contributed by atoms with van der Waals surface area (Å²) >= 11 is 1.68. The van der Waals surface area contributed by atoms with E-state index >= 15 is 0 Å². The summed E-state index contributed by atoms with van der Waals surface area (Å²) in [7, 11) is 0. The molecule has 5 nitrogen and oxygen atoms in total. The van der Waals surface area contributed by atoms with Crippen molar-refractivity contribution in [3.63, 3.8) is 0 Å². The fourth-order valence-electron chi connectivity index (χ4n) is 3.20. The molecule has 1 aliphatic rings. The van der Waals surface area contributed by atoms with Gasteiger partial charge in [0.15, 0.2) is 6.61 Å². The molecular formula is C19H17NO4S. The third-order valence-corrected chi connectivity index (χ3v) is 5.38. The van der Waals surface area contributed by atoms with Crippen molar-refractivity contribution in [1.29, 1.82) is 0 Å². The molecule has 3 heterocycles. The maximum absolute atomic E-state index is 12.6. The van der Waals surface area contributed by atoms with E-state index in [1.54, 1.807) is 29.5 Å². The van der Waals surface area contributed by atoms with E-state index in [-0.39, 0.29) is 18.6 Å². The molecule has 6 heteroatoms. The zero-order valence-corrected chi connectivity index (χ0v) is 14.3. The molecule has 3 aromatic rings. The molecule has 128 valence electrons. The van der Waals surface area contributed by atoms with Crippen LogP contribution in [0.4, 0.5) is 0 Å². The maximum Gasteiger partial charge on any atom is 0.336 e. The second kappa shape index (κ2) is 6.72. The number of rotatable bonds is 4. The average molecular weight is 355 g/mol. The van der Waals surface area contributed by atoms with Crippen molar-refractivity contribution in [2.45, 2.75) is 18.9 Å². The Labute approximate surface area is 148 Å². The lowest BCUT2D eigenvalue weighted by atomic mass is 10.2. The molecule has 25 heavy (non-hydrogen) atoms. The van der Waals surface area contributed by atoms with E-state index in [0.29, 0.717) is 11.3 Å². The number of carbonyl (C=O) groups excluding carboxylic acids is 1. The van der Waals surface area contributed by atoms with E-state index in [9.17, 15) is 9.59 Å². The molecule has 1 saturated heterocycles. The van der Waals surface area contributed by atoms with Gasteiger partial charge in [-0.15, -0.1) is 11.3 Å². The number of benzene rings is 1. The van der Waals surface area contributed by atoms with E-state index in [4.69, 9.17) is 9.15 Å². The number of carbonyl (C=O) groups is 1. The number of ether oxygens (including phenoxy) is 1. The normalized spacial score (nSPS) is 17.1. The molecule has 1 unspecified atom stereocenters. The minimum Gasteiger partial charge on any atom is -0.484 e. The highest BCUT2D eigenvalue weighted by molar-refractivity contribution is 7.10. The van der Waals surface area contributed by atoms with Crippen LogP contribution in [0.5, 0.6) is 5.75 Å². The lowest BCUT2D eigenvalue weighted by Gasteiger charge is -2.23. The second-order valence-corrected chi connectivity index (χ2v) is 6.98. The SMILES string of the molecule is O=C(COc1ccc2ccc(=O)oc2c1)N1CCCC1c1cccs1. The summed E-state index contributed by atoms with van der Waals surface area (Å²) in [5, 5.41) is 2.85. The molecule has 0 bridgehead atoms. The summed E-state index contributed by atoms with van der Waals surface area (Å²) in [5.41, 5.74) is 0.0478. The summed E-state index contributed by atoms with van der Waals surface area (Å²) in [6.45, 7) is 0.738. The van der Waals surface area contributed by atoms with Crippen molar-refractivity contribution in [3.05, 3.63) is 63.1 Å². The van der Waals surface area contributed by atoms with Crippen molar-refractivity contribution in [2.24, 2.45) is 0 Å². The molecule has 1 amide bonds. The Balaban J connectivity index is 1.45. The number of likely N-dealkylation sites (tertiary alicyclic amines) is 1. The standard InChI is InChI=1S/C19H17NO4S/c21-18(20-9-1-3-15(20)17-4-2-10-25-17)12-23-14-7-5-13-6-8-19(22)24-16(13)11-14/h2,4-8,10-11,15H,1,3,9,12H2. The predicted octanol–water partition coefficient (Wildman–Crippen LogP) is 3.60. The van der Waals surface area contributed by atoms with Crippen LogP contribution in [0.2, 0.25) is 0 Å². The number of thiophene rings is 1. The molecule has 4 rings (SSSR count). The number of hydrogen-bond acceptors (Lipinski definition) is 5. The molecule has 1 fully saturated rings. The quantitative estimate of drug-likeness (QED) is 0.671. The number of fused-ring (bicyclic) bond motifs is 1. The van der Waals surface area contributed by atoms with Gasteiger partial charge in [-0.2, -0.15) is 0 Å². The summed E-state index contributed by atoms with van der Waals surface area (Å²) < 4.78 is 10.8. The Hall–Kier alpha value is -2.60. The second-order valence-electron chi connectivity index (χ2n) is 6.00. The van der Waals surface area contributed by atoms with Gasteiger partial charge in [-0.3, -0.25) is 4.79 Å². The Morgan fingerprint density at radius 2 is 2.16 bits per heavy atom. The Kier molecular flexibility index (Phi) is 4.28. The first-order valence-corrected chi connectivity index (χ1v) is 9.08. The smallest absolute Gasteiger partial charge is 0.336 e. The minimum absolute atomic E-state index is 0.0227. The Bertz CT molecular complexity index is 947. The van der Waals surface area contributed by atoms with E-state index in [2.05, 4.69) is 6.07 Å². The van der Waals surface area contributed by atoms with Gasteiger partial charge in [0.1, 0.15) is 11.3 Å². The maximum atomic E-state index is 12.6. The number of hydrogen-bond donors (Lipinski definition) is 0. The molecule has 0 aliphatic carbocycles. The lowest BCUT2D eigenvalue weighted by Crippen LogP contribution is -2.34. The van der Waals surface area contributed by atoms with Crippen LogP contribution in [0.1, 0.15) is 23.8 Å². The third-order valence-electron chi connectivity index (χ3n) is 4.40. The zero-order chi connectivity index (χ0) is 17.2. The summed E-state index contributed by atoms with van der Waals surface area (Å²) in [4.78, 5) is 27.0. The lowest BCUT2D eigenvalue weighted by molar-refractivity contribution is -0.134. The Morgan fingerprint density at radius 3 is 3.00 bits per heavy atom.